The Morgan fingerprint density at radius 1 is 1.05 bits per heavy atom. The number of anilines is 1. The summed E-state index contributed by atoms with van der Waals surface area (Å²) in [6, 6.07) is 15.7. The quantitative estimate of drug-likeness (QED) is 0.778. The highest BCUT2D eigenvalue weighted by atomic mass is 35.5. The molecule has 1 unspecified atom stereocenters. The van der Waals surface area contributed by atoms with Crippen LogP contribution in [-0.2, 0) is 6.42 Å². The van der Waals surface area contributed by atoms with E-state index in [2.05, 4.69) is 36.1 Å². The van der Waals surface area contributed by atoms with Gasteiger partial charge in [-0.15, -0.1) is 11.6 Å². The van der Waals surface area contributed by atoms with Gasteiger partial charge in [0, 0.05) is 19.3 Å². The van der Waals surface area contributed by atoms with Gasteiger partial charge in [0.25, 0.3) is 0 Å². The molecule has 0 saturated carbocycles. The number of benzene rings is 2. The highest BCUT2D eigenvalue weighted by molar-refractivity contribution is 6.21. The first-order valence-electron chi connectivity index (χ1n) is 7.33. The molecule has 0 spiro atoms. The molecule has 2 nitrogen and oxygen atoms in total. The zero-order chi connectivity index (χ0) is 15.2. The third kappa shape index (κ3) is 4.40. The number of alkyl halides is 1. The van der Waals surface area contributed by atoms with Gasteiger partial charge < -0.3 is 10.0 Å². The van der Waals surface area contributed by atoms with Crippen LogP contribution in [0.3, 0.4) is 0 Å². The van der Waals surface area contributed by atoms with Crippen molar-refractivity contribution in [1.29, 1.82) is 0 Å². The molecule has 2 rings (SSSR count). The number of likely N-dealkylation sites (N-methyl/N-ethyl adjacent to an activating group) is 1. The maximum atomic E-state index is 9.32. The summed E-state index contributed by atoms with van der Waals surface area (Å²) in [5.41, 5.74) is 3.54. The summed E-state index contributed by atoms with van der Waals surface area (Å²) in [7, 11) is 2.01. The summed E-state index contributed by atoms with van der Waals surface area (Å²) in [4.78, 5) is 2.09. The topological polar surface area (TPSA) is 23.5 Å². The molecule has 0 aromatic heterocycles. The first-order chi connectivity index (χ1) is 10.1. The van der Waals surface area contributed by atoms with Crippen molar-refractivity contribution in [3.63, 3.8) is 0 Å². The Bertz CT molecular complexity index is 550. The van der Waals surface area contributed by atoms with Crippen molar-refractivity contribution in [3.05, 3.63) is 59.7 Å². The van der Waals surface area contributed by atoms with Gasteiger partial charge in [-0.2, -0.15) is 0 Å². The fourth-order valence-corrected chi connectivity index (χ4v) is 2.69. The lowest BCUT2D eigenvalue weighted by Crippen LogP contribution is -2.21. The minimum Gasteiger partial charge on any atom is -0.508 e. The molecule has 2 aromatic carbocycles. The molecule has 0 aliphatic rings. The first kappa shape index (κ1) is 15.7. The van der Waals surface area contributed by atoms with Crippen LogP contribution in [0.2, 0.25) is 0 Å². The predicted octanol–water partition coefficient (Wildman–Crippen LogP) is 4.76. The molecule has 0 amide bonds. The predicted molar refractivity (Wildman–Crippen MR) is 90.4 cm³/mol. The number of nitrogens with zero attached hydrogens (tertiary/aromatic N) is 1. The van der Waals surface area contributed by atoms with Crippen LogP contribution in [0.5, 0.6) is 5.75 Å². The molecule has 3 heteroatoms. The Kier molecular flexibility index (Phi) is 5.51. The molecule has 0 heterocycles. The van der Waals surface area contributed by atoms with Gasteiger partial charge in [-0.25, -0.2) is 0 Å². The summed E-state index contributed by atoms with van der Waals surface area (Å²) in [6.45, 7) is 2.91. The van der Waals surface area contributed by atoms with E-state index in [1.807, 2.05) is 19.2 Å². The van der Waals surface area contributed by atoms with Crippen LogP contribution in [0.15, 0.2) is 48.5 Å². The molecule has 0 aliphatic carbocycles. The minimum absolute atomic E-state index is 0.0560. The van der Waals surface area contributed by atoms with Crippen LogP contribution in [0.25, 0.3) is 0 Å². The van der Waals surface area contributed by atoms with Crippen LogP contribution < -0.4 is 4.90 Å². The molecule has 0 saturated heterocycles. The summed E-state index contributed by atoms with van der Waals surface area (Å²) in [5, 5.41) is 9.27. The fraction of sp³-hybridized carbons (Fsp3) is 0.333. The molecule has 0 bridgehead atoms. The highest BCUT2D eigenvalue weighted by Gasteiger charge is 2.11. The van der Waals surface area contributed by atoms with Gasteiger partial charge >= 0.3 is 0 Å². The SMILES string of the molecule is CCCc1ccc(C(Cl)CN(C)c2ccc(O)cc2)cc1. The summed E-state index contributed by atoms with van der Waals surface area (Å²) in [6.07, 6.45) is 2.27. The highest BCUT2D eigenvalue weighted by Crippen LogP contribution is 2.25. The second-order valence-electron chi connectivity index (χ2n) is 5.36. The van der Waals surface area contributed by atoms with E-state index in [1.165, 1.54) is 5.56 Å². The van der Waals surface area contributed by atoms with Gasteiger partial charge in [0.05, 0.1) is 5.38 Å². The molecule has 0 fully saturated rings. The Balaban J connectivity index is 1.99. The molecular weight excluding hydrogens is 282 g/mol. The van der Waals surface area contributed by atoms with Gasteiger partial charge in [-0.05, 0) is 41.8 Å². The van der Waals surface area contributed by atoms with E-state index < -0.39 is 0 Å². The van der Waals surface area contributed by atoms with Crippen LogP contribution in [0, 0.1) is 0 Å². The number of aromatic hydroxyl groups is 1. The third-order valence-corrected chi connectivity index (χ3v) is 3.99. The number of rotatable bonds is 6. The van der Waals surface area contributed by atoms with E-state index >= 15 is 0 Å². The molecule has 2 aromatic rings. The Morgan fingerprint density at radius 2 is 1.67 bits per heavy atom. The van der Waals surface area contributed by atoms with Gasteiger partial charge in [0.15, 0.2) is 0 Å². The lowest BCUT2D eigenvalue weighted by Gasteiger charge is -2.22. The standard InChI is InChI=1S/C18H22ClNO/c1-3-4-14-5-7-15(8-6-14)18(19)13-20(2)16-9-11-17(21)12-10-16/h5-12,18,21H,3-4,13H2,1-2H3. The Morgan fingerprint density at radius 3 is 2.24 bits per heavy atom. The molecule has 1 N–H and O–H groups in total. The van der Waals surface area contributed by atoms with Crippen molar-refractivity contribution in [2.24, 2.45) is 0 Å². The van der Waals surface area contributed by atoms with Crippen molar-refractivity contribution in [2.45, 2.75) is 25.1 Å². The van der Waals surface area contributed by atoms with Crippen molar-refractivity contribution >= 4 is 17.3 Å². The maximum Gasteiger partial charge on any atom is 0.115 e. The van der Waals surface area contributed by atoms with Gasteiger partial charge in [0.2, 0.25) is 0 Å². The molecule has 21 heavy (non-hydrogen) atoms. The molecule has 112 valence electrons. The summed E-state index contributed by atoms with van der Waals surface area (Å²) < 4.78 is 0. The summed E-state index contributed by atoms with van der Waals surface area (Å²) >= 11 is 6.52. The molecule has 1 atom stereocenters. The largest absolute Gasteiger partial charge is 0.508 e. The fourth-order valence-electron chi connectivity index (χ4n) is 2.34. The number of hydrogen-bond donors (Lipinski definition) is 1. The van der Waals surface area contributed by atoms with Crippen molar-refractivity contribution in [2.75, 3.05) is 18.5 Å². The maximum absolute atomic E-state index is 9.32. The van der Waals surface area contributed by atoms with Crippen molar-refractivity contribution in [1.82, 2.24) is 0 Å². The van der Waals surface area contributed by atoms with E-state index in [0.717, 1.165) is 30.6 Å². The number of phenolic OH excluding ortho intramolecular Hbond substituents is 1. The van der Waals surface area contributed by atoms with Crippen LogP contribution in [0.1, 0.15) is 29.8 Å². The van der Waals surface area contributed by atoms with Crippen LogP contribution >= 0.6 is 11.6 Å². The average Bonchev–Trinajstić information content (AvgIpc) is 2.49. The second kappa shape index (κ2) is 7.37. The molecular formula is C18H22ClNO. The van der Waals surface area contributed by atoms with Crippen molar-refractivity contribution in [3.8, 4) is 5.75 Å². The number of halogens is 1. The first-order valence-corrected chi connectivity index (χ1v) is 7.77. The smallest absolute Gasteiger partial charge is 0.115 e. The van der Waals surface area contributed by atoms with E-state index in [4.69, 9.17) is 11.6 Å². The Labute approximate surface area is 132 Å². The van der Waals surface area contributed by atoms with E-state index in [9.17, 15) is 5.11 Å². The van der Waals surface area contributed by atoms with Crippen molar-refractivity contribution < 1.29 is 5.11 Å². The number of aryl methyl sites for hydroxylation is 1. The zero-order valence-electron chi connectivity index (χ0n) is 12.6. The molecule has 0 aliphatic heterocycles. The Hall–Kier alpha value is -1.67. The van der Waals surface area contributed by atoms with E-state index in [-0.39, 0.29) is 11.1 Å². The van der Waals surface area contributed by atoms with E-state index in [1.54, 1.807) is 12.1 Å². The molecule has 0 radical (unpaired) electrons. The van der Waals surface area contributed by atoms with Gasteiger partial charge in [-0.1, -0.05) is 37.6 Å². The van der Waals surface area contributed by atoms with Gasteiger partial charge in [0.1, 0.15) is 5.75 Å². The summed E-state index contributed by atoms with van der Waals surface area (Å²) in [5.74, 6) is 0.279. The normalized spacial score (nSPS) is 12.1. The average molecular weight is 304 g/mol. The van der Waals surface area contributed by atoms with Gasteiger partial charge in [-0.3, -0.25) is 0 Å². The second-order valence-corrected chi connectivity index (χ2v) is 5.88. The zero-order valence-corrected chi connectivity index (χ0v) is 13.3. The lowest BCUT2D eigenvalue weighted by atomic mass is 10.1. The minimum atomic E-state index is -0.0560. The number of phenols is 1. The third-order valence-electron chi connectivity index (χ3n) is 3.60. The van der Waals surface area contributed by atoms with E-state index in [0.29, 0.717) is 0 Å². The lowest BCUT2D eigenvalue weighted by molar-refractivity contribution is 0.475. The van der Waals surface area contributed by atoms with Crippen LogP contribution in [-0.4, -0.2) is 18.7 Å². The monoisotopic (exact) mass is 303 g/mol. The number of hydrogen-bond acceptors (Lipinski definition) is 2. The van der Waals surface area contributed by atoms with Crippen LogP contribution in [0.4, 0.5) is 5.69 Å².